The number of benzene rings is 1. The van der Waals surface area contributed by atoms with Crippen LogP contribution in [0.2, 0.25) is 5.02 Å². The average Bonchev–Trinajstić information content (AvgIpc) is 3.11. The average molecular weight is 330 g/mol. The molecule has 1 N–H and O–H groups in total. The summed E-state index contributed by atoms with van der Waals surface area (Å²) in [5.74, 6) is -0.0800. The van der Waals surface area contributed by atoms with Crippen molar-refractivity contribution in [1.82, 2.24) is 15.2 Å². The van der Waals surface area contributed by atoms with Crippen LogP contribution < -0.4 is 5.32 Å². The van der Waals surface area contributed by atoms with Gasteiger partial charge in [0.2, 0.25) is 0 Å². The second-order valence-corrected chi connectivity index (χ2v) is 6.13. The normalized spacial score (nSPS) is 16.2. The van der Waals surface area contributed by atoms with Gasteiger partial charge in [0.15, 0.2) is 0 Å². The van der Waals surface area contributed by atoms with Crippen LogP contribution in [0.15, 0.2) is 48.8 Å². The molecule has 1 saturated heterocycles. The third-order valence-electron chi connectivity index (χ3n) is 4.24. The summed E-state index contributed by atoms with van der Waals surface area (Å²) in [6.45, 7) is 2.63. The highest BCUT2D eigenvalue weighted by Crippen LogP contribution is 2.29. The Bertz CT molecular complexity index is 656. The van der Waals surface area contributed by atoms with Gasteiger partial charge in [0.05, 0.1) is 6.04 Å². The van der Waals surface area contributed by atoms with Crippen LogP contribution in [0.3, 0.4) is 0 Å². The monoisotopic (exact) mass is 329 g/mol. The van der Waals surface area contributed by atoms with Crippen LogP contribution in [0.1, 0.15) is 34.8 Å². The van der Waals surface area contributed by atoms with E-state index >= 15 is 0 Å². The molecule has 120 valence electrons. The van der Waals surface area contributed by atoms with Gasteiger partial charge < -0.3 is 5.32 Å². The Kier molecular flexibility index (Phi) is 5.26. The SMILES string of the molecule is O=C(NCC(c1ccccc1Cl)N1CCCC1)c1ccncc1. The number of carbonyl (C=O) groups is 1. The van der Waals surface area contributed by atoms with Crippen LogP contribution in [0, 0.1) is 0 Å². The van der Waals surface area contributed by atoms with Crippen molar-refractivity contribution in [1.29, 1.82) is 0 Å². The Morgan fingerprint density at radius 2 is 1.87 bits per heavy atom. The summed E-state index contributed by atoms with van der Waals surface area (Å²) in [7, 11) is 0. The number of likely N-dealkylation sites (tertiary alicyclic amines) is 1. The molecule has 1 aliphatic rings. The molecular formula is C18H20ClN3O. The van der Waals surface area contributed by atoms with E-state index in [1.807, 2.05) is 24.3 Å². The van der Waals surface area contributed by atoms with Gasteiger partial charge in [0, 0.05) is 29.5 Å². The number of nitrogens with one attached hydrogen (secondary N) is 1. The number of carbonyl (C=O) groups excluding carboxylic acids is 1. The molecule has 5 heteroatoms. The van der Waals surface area contributed by atoms with Gasteiger partial charge in [0.1, 0.15) is 0 Å². The smallest absolute Gasteiger partial charge is 0.251 e. The first-order chi connectivity index (χ1) is 11.3. The molecule has 23 heavy (non-hydrogen) atoms. The predicted molar refractivity (Wildman–Crippen MR) is 91.6 cm³/mol. The quantitative estimate of drug-likeness (QED) is 0.915. The Hall–Kier alpha value is -1.91. The van der Waals surface area contributed by atoms with Crippen molar-refractivity contribution in [3.8, 4) is 0 Å². The van der Waals surface area contributed by atoms with Crippen molar-refractivity contribution >= 4 is 17.5 Å². The molecule has 0 aliphatic carbocycles. The van der Waals surface area contributed by atoms with Gasteiger partial charge >= 0.3 is 0 Å². The van der Waals surface area contributed by atoms with Crippen molar-refractivity contribution in [2.75, 3.05) is 19.6 Å². The summed E-state index contributed by atoms with van der Waals surface area (Å²) < 4.78 is 0. The lowest BCUT2D eigenvalue weighted by Gasteiger charge is -2.29. The van der Waals surface area contributed by atoms with E-state index in [0.29, 0.717) is 12.1 Å². The highest BCUT2D eigenvalue weighted by molar-refractivity contribution is 6.31. The van der Waals surface area contributed by atoms with E-state index in [2.05, 4.69) is 15.2 Å². The number of aromatic nitrogens is 1. The lowest BCUT2D eigenvalue weighted by Crippen LogP contribution is -2.37. The zero-order valence-electron chi connectivity index (χ0n) is 12.9. The minimum absolute atomic E-state index is 0.0800. The van der Waals surface area contributed by atoms with Gasteiger partial charge in [-0.2, -0.15) is 0 Å². The Balaban J connectivity index is 1.74. The molecule has 2 heterocycles. The topological polar surface area (TPSA) is 45.2 Å². The number of amides is 1. The molecule has 1 aliphatic heterocycles. The first kappa shape index (κ1) is 16.0. The third kappa shape index (κ3) is 3.89. The van der Waals surface area contributed by atoms with E-state index in [1.54, 1.807) is 24.5 Å². The molecule has 2 aromatic rings. The van der Waals surface area contributed by atoms with E-state index in [4.69, 9.17) is 11.6 Å². The zero-order valence-corrected chi connectivity index (χ0v) is 13.7. The van der Waals surface area contributed by atoms with Crippen molar-refractivity contribution in [3.05, 3.63) is 64.9 Å². The molecule has 1 aromatic heterocycles. The van der Waals surface area contributed by atoms with Gasteiger partial charge in [-0.15, -0.1) is 0 Å². The van der Waals surface area contributed by atoms with E-state index in [0.717, 1.165) is 23.7 Å². The van der Waals surface area contributed by atoms with Crippen LogP contribution >= 0.6 is 11.6 Å². The molecule has 0 spiro atoms. The minimum atomic E-state index is -0.0800. The van der Waals surface area contributed by atoms with E-state index in [9.17, 15) is 4.79 Å². The Labute approximate surface area is 141 Å². The molecule has 3 rings (SSSR count). The van der Waals surface area contributed by atoms with Crippen molar-refractivity contribution in [3.63, 3.8) is 0 Å². The fourth-order valence-corrected chi connectivity index (χ4v) is 3.29. The largest absolute Gasteiger partial charge is 0.350 e. The number of pyridine rings is 1. The molecule has 1 aromatic carbocycles. The Morgan fingerprint density at radius 1 is 1.17 bits per heavy atom. The van der Waals surface area contributed by atoms with Gasteiger partial charge in [-0.05, 0) is 49.7 Å². The highest BCUT2D eigenvalue weighted by atomic mass is 35.5. The maximum Gasteiger partial charge on any atom is 0.251 e. The van der Waals surface area contributed by atoms with Crippen LogP contribution in [0.4, 0.5) is 0 Å². The zero-order chi connectivity index (χ0) is 16.1. The fraction of sp³-hybridized carbons (Fsp3) is 0.333. The minimum Gasteiger partial charge on any atom is -0.350 e. The number of hydrogen-bond acceptors (Lipinski definition) is 3. The third-order valence-corrected chi connectivity index (χ3v) is 4.59. The Morgan fingerprint density at radius 3 is 2.57 bits per heavy atom. The summed E-state index contributed by atoms with van der Waals surface area (Å²) in [6, 6.07) is 11.4. The molecule has 0 saturated carbocycles. The summed E-state index contributed by atoms with van der Waals surface area (Å²) in [5.41, 5.74) is 1.70. The maximum absolute atomic E-state index is 12.3. The van der Waals surface area contributed by atoms with Crippen LogP contribution in [0.25, 0.3) is 0 Å². The standard InChI is InChI=1S/C18H20ClN3O/c19-16-6-2-1-5-15(16)17(22-11-3-4-12-22)13-21-18(23)14-7-9-20-10-8-14/h1-2,5-10,17H,3-4,11-13H2,(H,21,23). The van der Waals surface area contributed by atoms with Crippen LogP contribution in [-0.4, -0.2) is 35.4 Å². The number of nitrogens with zero attached hydrogens (tertiary/aromatic N) is 2. The van der Waals surface area contributed by atoms with Crippen LogP contribution in [0.5, 0.6) is 0 Å². The van der Waals surface area contributed by atoms with Gasteiger partial charge in [-0.25, -0.2) is 0 Å². The van der Waals surface area contributed by atoms with Gasteiger partial charge in [-0.1, -0.05) is 29.8 Å². The van der Waals surface area contributed by atoms with E-state index < -0.39 is 0 Å². The first-order valence-electron chi connectivity index (χ1n) is 7.92. The van der Waals surface area contributed by atoms with E-state index in [1.165, 1.54) is 12.8 Å². The molecule has 4 nitrogen and oxygen atoms in total. The number of rotatable bonds is 5. The number of halogens is 1. The lowest BCUT2D eigenvalue weighted by molar-refractivity contribution is 0.0938. The first-order valence-corrected chi connectivity index (χ1v) is 8.30. The summed E-state index contributed by atoms with van der Waals surface area (Å²) in [5, 5.41) is 3.79. The van der Waals surface area contributed by atoms with Gasteiger partial charge in [-0.3, -0.25) is 14.7 Å². The summed E-state index contributed by atoms with van der Waals surface area (Å²) in [6.07, 6.45) is 5.64. The molecule has 1 atom stereocenters. The van der Waals surface area contributed by atoms with Crippen molar-refractivity contribution in [2.45, 2.75) is 18.9 Å². The lowest BCUT2D eigenvalue weighted by atomic mass is 10.1. The van der Waals surface area contributed by atoms with E-state index in [-0.39, 0.29) is 11.9 Å². The molecular weight excluding hydrogens is 310 g/mol. The molecule has 1 amide bonds. The second-order valence-electron chi connectivity index (χ2n) is 5.73. The second kappa shape index (κ2) is 7.57. The molecule has 0 radical (unpaired) electrons. The molecule has 0 bridgehead atoms. The fourth-order valence-electron chi connectivity index (χ4n) is 3.03. The van der Waals surface area contributed by atoms with Gasteiger partial charge in [0.25, 0.3) is 5.91 Å². The summed E-state index contributed by atoms with van der Waals surface area (Å²) in [4.78, 5) is 18.6. The van der Waals surface area contributed by atoms with Crippen LogP contribution in [-0.2, 0) is 0 Å². The molecule has 1 fully saturated rings. The highest BCUT2D eigenvalue weighted by Gasteiger charge is 2.25. The van der Waals surface area contributed by atoms with Crippen molar-refractivity contribution in [2.24, 2.45) is 0 Å². The summed E-state index contributed by atoms with van der Waals surface area (Å²) >= 11 is 6.38. The number of hydrogen-bond donors (Lipinski definition) is 1. The molecule has 1 unspecified atom stereocenters. The maximum atomic E-state index is 12.3. The van der Waals surface area contributed by atoms with Crippen molar-refractivity contribution < 1.29 is 4.79 Å². The predicted octanol–water partition coefficient (Wildman–Crippen LogP) is 3.30.